The van der Waals surface area contributed by atoms with Crippen molar-refractivity contribution in [1.82, 2.24) is 4.72 Å². The number of sulfonamides is 1. The van der Waals surface area contributed by atoms with Gasteiger partial charge in [-0.1, -0.05) is 5.92 Å². The van der Waals surface area contributed by atoms with Crippen molar-refractivity contribution in [3.63, 3.8) is 0 Å². The molecule has 1 aromatic rings. The van der Waals surface area contributed by atoms with Crippen LogP contribution in [0, 0.1) is 24.0 Å². The molecule has 0 unspecified atom stereocenters. The van der Waals surface area contributed by atoms with Gasteiger partial charge in [0.25, 0.3) is 0 Å². The van der Waals surface area contributed by atoms with Gasteiger partial charge in [0.15, 0.2) is 11.6 Å². The van der Waals surface area contributed by atoms with E-state index >= 15 is 0 Å². The van der Waals surface area contributed by atoms with E-state index in [9.17, 15) is 17.2 Å². The van der Waals surface area contributed by atoms with Crippen LogP contribution in [0.15, 0.2) is 17.0 Å². The number of thioether (sulfide) groups is 1. The Hall–Kier alpha value is -1.30. The predicted molar refractivity (Wildman–Crippen MR) is 72.1 cm³/mol. The molecule has 0 aliphatic heterocycles. The first-order valence-electron chi connectivity index (χ1n) is 5.14. The molecule has 0 heterocycles. The second kappa shape index (κ2) is 6.75. The lowest BCUT2D eigenvalue weighted by molar-refractivity contribution is 0.484. The Balaban J connectivity index is 2.81. The summed E-state index contributed by atoms with van der Waals surface area (Å²) in [5, 5.41) is 0. The number of rotatable bonds is 6. The van der Waals surface area contributed by atoms with Crippen LogP contribution in [-0.4, -0.2) is 26.5 Å². The van der Waals surface area contributed by atoms with E-state index in [1.165, 1.54) is 11.8 Å². The van der Waals surface area contributed by atoms with Gasteiger partial charge in [0.1, 0.15) is 4.90 Å². The number of hydrogen-bond acceptors (Lipinski definition) is 4. The topological polar surface area (TPSA) is 72.2 Å². The summed E-state index contributed by atoms with van der Waals surface area (Å²) in [5.74, 6) is 0.505. The van der Waals surface area contributed by atoms with E-state index in [2.05, 4.69) is 10.6 Å². The van der Waals surface area contributed by atoms with Crippen LogP contribution in [0.5, 0.6) is 0 Å². The van der Waals surface area contributed by atoms with Gasteiger partial charge in [-0.25, -0.2) is 21.9 Å². The Labute approximate surface area is 114 Å². The number of nitrogens with two attached hydrogens (primary N) is 1. The third-order valence-corrected chi connectivity index (χ3v) is 4.35. The molecule has 4 nitrogen and oxygen atoms in total. The van der Waals surface area contributed by atoms with Crippen LogP contribution < -0.4 is 10.5 Å². The number of halogens is 2. The summed E-state index contributed by atoms with van der Waals surface area (Å²) in [6, 6.07) is 1.59. The molecule has 0 saturated carbocycles. The molecule has 0 aromatic heterocycles. The second-order valence-electron chi connectivity index (χ2n) is 3.47. The molecule has 1 rings (SSSR count). The standard InChI is InChI=1S/C11H12F2N2O2S2/c1-2-4-18-5-3-15-19(16,17)10-7-8(14)6-9(12)11(10)13/h1,6-7,15H,3-5,14H2. The van der Waals surface area contributed by atoms with E-state index < -0.39 is 26.6 Å². The Kier molecular flexibility index (Phi) is 5.60. The molecule has 3 N–H and O–H groups in total. The summed E-state index contributed by atoms with van der Waals surface area (Å²) < 4.78 is 52.2. The largest absolute Gasteiger partial charge is 0.399 e. The van der Waals surface area contributed by atoms with Crippen LogP contribution in [0.3, 0.4) is 0 Å². The summed E-state index contributed by atoms with van der Waals surface area (Å²) in [5.41, 5.74) is 5.13. The van der Waals surface area contributed by atoms with Gasteiger partial charge in [-0.15, -0.1) is 18.2 Å². The second-order valence-corrected chi connectivity index (χ2v) is 6.31. The minimum Gasteiger partial charge on any atom is -0.399 e. The van der Waals surface area contributed by atoms with Crippen molar-refractivity contribution in [3.8, 4) is 12.3 Å². The quantitative estimate of drug-likeness (QED) is 0.470. The number of hydrogen-bond donors (Lipinski definition) is 2. The Morgan fingerprint density at radius 2 is 2.11 bits per heavy atom. The zero-order valence-electron chi connectivity index (χ0n) is 9.82. The van der Waals surface area contributed by atoms with Crippen molar-refractivity contribution in [3.05, 3.63) is 23.8 Å². The van der Waals surface area contributed by atoms with E-state index in [1.54, 1.807) is 0 Å². The normalized spacial score (nSPS) is 11.2. The highest BCUT2D eigenvalue weighted by atomic mass is 32.2. The molecular formula is C11H12F2N2O2S2. The van der Waals surface area contributed by atoms with Gasteiger partial charge in [0, 0.05) is 18.0 Å². The smallest absolute Gasteiger partial charge is 0.243 e. The molecule has 0 spiro atoms. The fraction of sp³-hybridized carbons (Fsp3) is 0.273. The molecule has 0 amide bonds. The van der Waals surface area contributed by atoms with E-state index in [0.29, 0.717) is 11.5 Å². The Morgan fingerprint density at radius 3 is 2.74 bits per heavy atom. The first-order valence-corrected chi connectivity index (χ1v) is 7.77. The highest BCUT2D eigenvalue weighted by Gasteiger charge is 2.22. The van der Waals surface area contributed by atoms with Crippen molar-refractivity contribution in [2.75, 3.05) is 23.8 Å². The predicted octanol–water partition coefficient (Wildman–Crippen LogP) is 1.19. The molecule has 1 aromatic carbocycles. The molecule has 0 saturated heterocycles. The number of terminal acetylenes is 1. The van der Waals surface area contributed by atoms with Crippen molar-refractivity contribution in [2.24, 2.45) is 0 Å². The number of anilines is 1. The van der Waals surface area contributed by atoms with Crippen molar-refractivity contribution in [2.45, 2.75) is 4.90 Å². The van der Waals surface area contributed by atoms with Crippen molar-refractivity contribution in [1.29, 1.82) is 0 Å². The summed E-state index contributed by atoms with van der Waals surface area (Å²) in [7, 11) is -4.13. The third kappa shape index (κ3) is 4.38. The van der Waals surface area contributed by atoms with Crippen molar-refractivity contribution >= 4 is 27.5 Å². The van der Waals surface area contributed by atoms with E-state index in [-0.39, 0.29) is 12.2 Å². The average Bonchev–Trinajstić information content (AvgIpc) is 2.33. The number of nitrogen functional groups attached to an aromatic ring is 1. The first kappa shape index (κ1) is 15.8. The van der Waals surface area contributed by atoms with E-state index in [1.807, 2.05) is 0 Å². The maximum absolute atomic E-state index is 13.4. The van der Waals surface area contributed by atoms with Gasteiger partial charge in [0.2, 0.25) is 10.0 Å². The van der Waals surface area contributed by atoms with Crippen LogP contribution in [0.1, 0.15) is 0 Å². The lowest BCUT2D eigenvalue weighted by atomic mass is 10.3. The van der Waals surface area contributed by atoms with Crippen LogP contribution in [0.4, 0.5) is 14.5 Å². The molecule has 0 aliphatic carbocycles. The van der Waals surface area contributed by atoms with Crippen LogP contribution in [0.2, 0.25) is 0 Å². The van der Waals surface area contributed by atoms with Crippen LogP contribution >= 0.6 is 11.8 Å². The Morgan fingerprint density at radius 1 is 1.42 bits per heavy atom. The van der Waals surface area contributed by atoms with Gasteiger partial charge in [-0.05, 0) is 12.1 Å². The summed E-state index contributed by atoms with van der Waals surface area (Å²) in [6.07, 6.45) is 5.03. The maximum atomic E-state index is 13.4. The highest BCUT2D eigenvalue weighted by Crippen LogP contribution is 2.20. The third-order valence-electron chi connectivity index (χ3n) is 2.03. The molecule has 8 heteroatoms. The summed E-state index contributed by atoms with van der Waals surface area (Å²) >= 11 is 1.34. The van der Waals surface area contributed by atoms with E-state index in [0.717, 1.165) is 12.1 Å². The van der Waals surface area contributed by atoms with E-state index in [4.69, 9.17) is 12.2 Å². The lowest BCUT2D eigenvalue weighted by Crippen LogP contribution is -2.27. The zero-order chi connectivity index (χ0) is 14.5. The average molecular weight is 306 g/mol. The molecule has 0 radical (unpaired) electrons. The monoisotopic (exact) mass is 306 g/mol. The SMILES string of the molecule is C#CCSCCNS(=O)(=O)c1cc(N)cc(F)c1F. The molecule has 0 atom stereocenters. The number of benzene rings is 1. The zero-order valence-corrected chi connectivity index (χ0v) is 11.5. The summed E-state index contributed by atoms with van der Waals surface area (Å²) in [6.45, 7) is 0.0601. The Bertz CT molecular complexity index is 597. The van der Waals surface area contributed by atoms with Gasteiger partial charge in [-0.2, -0.15) is 0 Å². The van der Waals surface area contributed by atoms with Gasteiger partial charge in [0.05, 0.1) is 5.75 Å². The molecule has 0 fully saturated rings. The molecule has 19 heavy (non-hydrogen) atoms. The van der Waals surface area contributed by atoms with Crippen molar-refractivity contribution < 1.29 is 17.2 Å². The van der Waals surface area contributed by atoms with Gasteiger partial charge < -0.3 is 5.73 Å². The lowest BCUT2D eigenvalue weighted by Gasteiger charge is -2.08. The van der Waals surface area contributed by atoms with Crippen LogP contribution in [0.25, 0.3) is 0 Å². The van der Waals surface area contributed by atoms with Crippen LogP contribution in [-0.2, 0) is 10.0 Å². The maximum Gasteiger partial charge on any atom is 0.243 e. The van der Waals surface area contributed by atoms with Gasteiger partial charge >= 0.3 is 0 Å². The molecular weight excluding hydrogens is 294 g/mol. The number of nitrogens with one attached hydrogen (secondary N) is 1. The van der Waals surface area contributed by atoms with Gasteiger partial charge in [-0.3, -0.25) is 0 Å². The highest BCUT2D eigenvalue weighted by molar-refractivity contribution is 7.99. The summed E-state index contributed by atoms with van der Waals surface area (Å²) in [4.78, 5) is -0.799. The minimum absolute atomic E-state index is 0.0601. The fourth-order valence-corrected chi connectivity index (χ4v) is 3.03. The molecule has 0 aliphatic rings. The molecule has 104 valence electrons. The fourth-order valence-electron chi connectivity index (χ4n) is 1.24. The molecule has 0 bridgehead atoms. The first-order chi connectivity index (χ1) is 8.88. The minimum atomic E-state index is -4.13.